The van der Waals surface area contributed by atoms with Crippen LogP contribution in [0.1, 0.15) is 11.1 Å². The molecule has 0 aromatic heterocycles. The Morgan fingerprint density at radius 2 is 1.53 bits per heavy atom. The lowest BCUT2D eigenvalue weighted by Gasteiger charge is -2.23. The van der Waals surface area contributed by atoms with Crippen molar-refractivity contribution in [3.8, 4) is 23.0 Å². The summed E-state index contributed by atoms with van der Waals surface area (Å²) in [5, 5.41) is 12.6. The Morgan fingerprint density at radius 3 is 2.09 bits per heavy atom. The van der Waals surface area contributed by atoms with Gasteiger partial charge in [0.1, 0.15) is 0 Å². The molecule has 0 unspecified atom stereocenters. The topological polar surface area (TPSA) is 78.4 Å². The maximum atomic E-state index is 13.0. The highest BCUT2D eigenvalue weighted by atomic mass is 35.5. The Balaban J connectivity index is 0.000000162. The molecule has 0 aliphatic carbocycles. The van der Waals surface area contributed by atoms with Crippen LogP contribution in [0.2, 0.25) is 0 Å². The summed E-state index contributed by atoms with van der Waals surface area (Å²) >= 11 is 5.44. The van der Waals surface area contributed by atoms with Gasteiger partial charge in [-0.05, 0) is 12.1 Å². The fourth-order valence-corrected chi connectivity index (χ4v) is 3.79. The second-order valence-electron chi connectivity index (χ2n) is 7.74. The van der Waals surface area contributed by atoms with E-state index in [4.69, 9.17) is 16.3 Å². The molecule has 2 N–H and O–H groups in total. The molecule has 7 nitrogen and oxygen atoms in total. The maximum Gasteiger partial charge on any atom is 0.586 e. The van der Waals surface area contributed by atoms with Gasteiger partial charge in [-0.3, -0.25) is 0 Å². The number of fused-ring (bicyclic) bond motifs is 2. The van der Waals surface area contributed by atoms with Gasteiger partial charge in [0, 0.05) is 42.9 Å². The van der Waals surface area contributed by atoms with Crippen molar-refractivity contribution in [2.45, 2.75) is 37.6 Å². The third kappa shape index (κ3) is 5.96. The SMILES string of the molecule is FC1(F)Oc2cccc(C[C@@H]3CNCCO3)c2O1.O[C@@H](CCl)Cc1cccc2c1OC(F)(F)O2. The molecule has 186 valence electrons. The summed E-state index contributed by atoms with van der Waals surface area (Å²) in [6.45, 7) is 2.16. The minimum Gasteiger partial charge on any atom is -0.395 e. The zero-order valence-electron chi connectivity index (χ0n) is 17.7. The van der Waals surface area contributed by atoms with Crippen LogP contribution >= 0.6 is 11.6 Å². The van der Waals surface area contributed by atoms with Crippen LogP contribution < -0.4 is 24.3 Å². The molecule has 2 atom stereocenters. The smallest absolute Gasteiger partial charge is 0.395 e. The first kappa shape index (κ1) is 24.6. The number of para-hydroxylation sites is 2. The monoisotopic (exact) mass is 507 g/mol. The summed E-state index contributed by atoms with van der Waals surface area (Å²) in [7, 11) is 0. The van der Waals surface area contributed by atoms with Gasteiger partial charge in [-0.25, -0.2) is 0 Å². The van der Waals surface area contributed by atoms with Gasteiger partial charge in [0.25, 0.3) is 0 Å². The number of rotatable bonds is 5. The van der Waals surface area contributed by atoms with Crippen LogP contribution in [0.25, 0.3) is 0 Å². The van der Waals surface area contributed by atoms with Gasteiger partial charge in [0.15, 0.2) is 23.0 Å². The summed E-state index contributed by atoms with van der Waals surface area (Å²) in [6, 6.07) is 9.42. The lowest BCUT2D eigenvalue weighted by atomic mass is 10.1. The van der Waals surface area contributed by atoms with Crippen LogP contribution in [-0.4, -0.2) is 55.5 Å². The number of aliphatic hydroxyl groups is 1. The number of ether oxygens (including phenoxy) is 5. The van der Waals surface area contributed by atoms with Gasteiger partial charge in [-0.15, -0.1) is 29.2 Å². The lowest BCUT2D eigenvalue weighted by molar-refractivity contribution is -0.287. The Bertz CT molecular complexity index is 1010. The third-order valence-electron chi connectivity index (χ3n) is 5.11. The highest BCUT2D eigenvalue weighted by molar-refractivity contribution is 6.18. The molecular weight excluding hydrogens is 486 g/mol. The molecule has 5 rings (SSSR count). The molecule has 1 saturated heterocycles. The van der Waals surface area contributed by atoms with Gasteiger partial charge >= 0.3 is 12.6 Å². The predicted molar refractivity (Wildman–Crippen MR) is 112 cm³/mol. The Hall–Kier alpha value is -2.47. The van der Waals surface area contributed by atoms with E-state index in [2.05, 4.69) is 24.3 Å². The second-order valence-corrected chi connectivity index (χ2v) is 8.05. The van der Waals surface area contributed by atoms with Crippen LogP contribution in [0.4, 0.5) is 17.6 Å². The van der Waals surface area contributed by atoms with Crippen LogP contribution in [0.3, 0.4) is 0 Å². The van der Waals surface area contributed by atoms with Crippen molar-refractivity contribution < 1.29 is 46.4 Å². The first-order chi connectivity index (χ1) is 16.2. The van der Waals surface area contributed by atoms with Crippen molar-refractivity contribution in [2.75, 3.05) is 25.6 Å². The number of aliphatic hydroxyl groups excluding tert-OH is 1. The van der Waals surface area contributed by atoms with Crippen molar-refractivity contribution in [3.05, 3.63) is 47.5 Å². The molecule has 3 aliphatic rings. The van der Waals surface area contributed by atoms with Crippen LogP contribution in [0.5, 0.6) is 23.0 Å². The minimum atomic E-state index is -3.63. The molecule has 3 aliphatic heterocycles. The molecule has 0 amide bonds. The van der Waals surface area contributed by atoms with E-state index in [9.17, 15) is 22.7 Å². The molecule has 2 aromatic rings. The Labute approximate surface area is 197 Å². The van der Waals surface area contributed by atoms with Crippen LogP contribution in [0, 0.1) is 0 Å². The van der Waals surface area contributed by atoms with Gasteiger partial charge in [0.2, 0.25) is 0 Å². The van der Waals surface area contributed by atoms with E-state index in [0.717, 1.165) is 6.54 Å². The number of alkyl halides is 5. The van der Waals surface area contributed by atoms with E-state index < -0.39 is 18.7 Å². The highest BCUT2D eigenvalue weighted by Gasteiger charge is 2.45. The van der Waals surface area contributed by atoms with Crippen molar-refractivity contribution in [1.29, 1.82) is 0 Å². The summed E-state index contributed by atoms with van der Waals surface area (Å²) in [6.07, 6.45) is -7.36. The van der Waals surface area contributed by atoms with E-state index >= 15 is 0 Å². The summed E-state index contributed by atoms with van der Waals surface area (Å²) in [5.41, 5.74) is 1.13. The van der Waals surface area contributed by atoms with Crippen molar-refractivity contribution in [3.63, 3.8) is 0 Å². The molecule has 0 radical (unpaired) electrons. The first-order valence-corrected chi connectivity index (χ1v) is 11.0. The molecule has 0 saturated carbocycles. The van der Waals surface area contributed by atoms with E-state index in [1.165, 1.54) is 12.1 Å². The quantitative estimate of drug-likeness (QED) is 0.472. The summed E-state index contributed by atoms with van der Waals surface area (Å²) < 4.78 is 74.8. The number of hydrogen-bond donors (Lipinski definition) is 2. The summed E-state index contributed by atoms with van der Waals surface area (Å²) in [4.78, 5) is 0. The minimum absolute atomic E-state index is 0.0238. The number of morpholine rings is 1. The van der Waals surface area contributed by atoms with Crippen molar-refractivity contribution in [1.82, 2.24) is 5.32 Å². The summed E-state index contributed by atoms with van der Waals surface area (Å²) in [5.74, 6) is 0.180. The van der Waals surface area contributed by atoms with E-state index in [0.29, 0.717) is 30.7 Å². The molecule has 3 heterocycles. The number of halogens is 5. The molecule has 2 aromatic carbocycles. The van der Waals surface area contributed by atoms with E-state index in [1.54, 1.807) is 24.3 Å². The Kier molecular flexibility index (Phi) is 7.27. The fourth-order valence-electron chi connectivity index (χ4n) is 3.68. The predicted octanol–water partition coefficient (Wildman–Crippen LogP) is 3.69. The normalized spacial score (nSPS) is 22.0. The average Bonchev–Trinajstić information content (AvgIpc) is 3.29. The molecular formula is C22H22ClF4NO6. The zero-order valence-corrected chi connectivity index (χ0v) is 18.5. The molecule has 34 heavy (non-hydrogen) atoms. The average molecular weight is 508 g/mol. The second kappa shape index (κ2) is 10.0. The standard InChI is InChI=1S/C12H13F2NO3.C10H9ClF2O3/c13-12(14)17-10-3-1-2-8(11(10)18-12)6-9-7-15-4-5-16-9;11-5-7(14)4-6-2-1-3-8-9(6)16-10(12,13)15-8/h1-3,9,15H,4-7H2;1-3,7,14H,4-5H2/t9-;7-/m11/s1. The van der Waals surface area contributed by atoms with Gasteiger partial charge < -0.3 is 34.1 Å². The van der Waals surface area contributed by atoms with E-state index in [-0.39, 0.29) is 41.4 Å². The van der Waals surface area contributed by atoms with Gasteiger partial charge in [-0.2, -0.15) is 0 Å². The lowest BCUT2D eigenvalue weighted by Crippen LogP contribution is -2.39. The van der Waals surface area contributed by atoms with Gasteiger partial charge in [0.05, 0.1) is 18.8 Å². The molecule has 1 fully saturated rings. The van der Waals surface area contributed by atoms with Crippen molar-refractivity contribution in [2.24, 2.45) is 0 Å². The third-order valence-corrected chi connectivity index (χ3v) is 5.46. The molecule has 0 spiro atoms. The van der Waals surface area contributed by atoms with Gasteiger partial charge in [-0.1, -0.05) is 24.3 Å². The maximum absolute atomic E-state index is 13.0. The fraction of sp³-hybridized carbons (Fsp3) is 0.455. The zero-order chi connectivity index (χ0) is 24.3. The molecule has 0 bridgehead atoms. The number of hydrogen-bond acceptors (Lipinski definition) is 7. The van der Waals surface area contributed by atoms with Crippen LogP contribution in [-0.2, 0) is 17.6 Å². The van der Waals surface area contributed by atoms with Crippen molar-refractivity contribution >= 4 is 11.6 Å². The highest BCUT2D eigenvalue weighted by Crippen LogP contribution is 2.44. The van der Waals surface area contributed by atoms with E-state index in [1.807, 2.05) is 0 Å². The Morgan fingerprint density at radius 1 is 0.941 bits per heavy atom. The largest absolute Gasteiger partial charge is 0.586 e. The number of benzene rings is 2. The first-order valence-electron chi connectivity index (χ1n) is 10.5. The number of nitrogens with one attached hydrogen (secondary N) is 1. The van der Waals surface area contributed by atoms with Crippen LogP contribution in [0.15, 0.2) is 36.4 Å². The molecule has 12 heteroatoms.